The first-order valence-electron chi connectivity index (χ1n) is 4.59. The first kappa shape index (κ1) is 13.6. The second kappa shape index (κ2) is 6.14. The number of halogens is 1. The number of carbonyl (C=O) groups is 1. The summed E-state index contributed by atoms with van der Waals surface area (Å²) in [5, 5.41) is 10.3. The Balaban J connectivity index is 0.000000423. The van der Waals surface area contributed by atoms with Crippen LogP contribution in [0, 0.1) is 12.7 Å². The predicted molar refractivity (Wildman–Crippen MR) is 54.2 cm³/mol. The summed E-state index contributed by atoms with van der Waals surface area (Å²) in [5.74, 6) is -1.87. The highest BCUT2D eigenvalue weighted by molar-refractivity contribution is 5.87. The summed E-state index contributed by atoms with van der Waals surface area (Å²) < 4.78 is 12.6. The number of hydrogen-bond acceptors (Lipinski definition) is 2. The maximum atomic E-state index is 12.6. The molecule has 15 heavy (non-hydrogen) atoms. The molecule has 0 saturated heterocycles. The fourth-order valence-electron chi connectivity index (χ4n) is 0.829. The molecule has 0 aromatic heterocycles. The molecule has 0 unspecified atom stereocenters. The normalized spacial score (nSPS) is 9.47. The van der Waals surface area contributed by atoms with Crippen LogP contribution in [0.1, 0.15) is 15.9 Å². The molecule has 0 radical (unpaired) electrons. The highest BCUT2D eigenvalue weighted by Gasteiger charge is 2.02. The molecule has 0 bridgehead atoms. The molecule has 1 N–H and O–H groups in total. The minimum atomic E-state index is -1.35. The van der Waals surface area contributed by atoms with E-state index in [1.165, 1.54) is 30.0 Å². The molecule has 1 aromatic carbocycles. The van der Waals surface area contributed by atoms with E-state index in [0.717, 1.165) is 0 Å². The fraction of sp³-hybridized carbons (Fsp3) is 0.364. The van der Waals surface area contributed by atoms with E-state index in [1.807, 2.05) is 0 Å². The van der Waals surface area contributed by atoms with Crippen molar-refractivity contribution in [3.05, 3.63) is 35.1 Å². The van der Waals surface area contributed by atoms with E-state index >= 15 is 0 Å². The number of carboxylic acids is 1. The van der Waals surface area contributed by atoms with Gasteiger partial charge in [-0.25, -0.2) is 4.39 Å². The van der Waals surface area contributed by atoms with Gasteiger partial charge in [-0.05, 0) is 18.6 Å². The van der Waals surface area contributed by atoms with Crippen LogP contribution in [-0.2, 0) is 0 Å². The molecular weight excluding hydrogens is 197 g/mol. The van der Waals surface area contributed by atoms with Gasteiger partial charge in [0.25, 0.3) is 0 Å². The fourth-order valence-corrected chi connectivity index (χ4v) is 0.829. The van der Waals surface area contributed by atoms with Crippen molar-refractivity contribution in [1.29, 1.82) is 0 Å². The predicted octanol–water partition coefficient (Wildman–Crippen LogP) is -0.742. The lowest BCUT2D eigenvalue weighted by Crippen LogP contribution is -3.02. The maximum Gasteiger partial charge on any atom is 0.126 e. The Hall–Kier alpha value is -1.42. The number of hydrogen-bond donors (Lipinski definition) is 1. The topological polar surface area (TPSA) is 44.6 Å². The first-order chi connectivity index (χ1) is 6.86. The first-order valence-corrected chi connectivity index (χ1v) is 4.59. The van der Waals surface area contributed by atoms with Crippen molar-refractivity contribution in [2.45, 2.75) is 6.92 Å². The van der Waals surface area contributed by atoms with Crippen molar-refractivity contribution < 1.29 is 19.2 Å². The molecule has 3 nitrogen and oxygen atoms in total. The second-order valence-corrected chi connectivity index (χ2v) is 3.70. The Kier molecular flexibility index (Phi) is 5.56. The number of nitrogens with one attached hydrogen (secondary N) is 1. The molecule has 0 aliphatic rings. The van der Waals surface area contributed by atoms with E-state index < -0.39 is 11.8 Å². The quantitative estimate of drug-likeness (QED) is 0.667. The summed E-state index contributed by atoms with van der Waals surface area (Å²) in [6.07, 6.45) is 0. The monoisotopic (exact) mass is 213 g/mol. The van der Waals surface area contributed by atoms with Gasteiger partial charge in [-0.3, -0.25) is 0 Å². The molecule has 0 spiro atoms. The minimum absolute atomic E-state index is 0.0926. The van der Waals surface area contributed by atoms with Crippen molar-refractivity contribution in [1.82, 2.24) is 0 Å². The van der Waals surface area contributed by atoms with Crippen molar-refractivity contribution >= 4 is 5.97 Å². The minimum Gasteiger partial charge on any atom is -0.545 e. The van der Waals surface area contributed by atoms with Crippen LogP contribution in [-0.4, -0.2) is 27.1 Å². The van der Waals surface area contributed by atoms with Gasteiger partial charge in [0.15, 0.2) is 0 Å². The summed E-state index contributed by atoms with van der Waals surface area (Å²) in [6.45, 7) is 1.40. The van der Waals surface area contributed by atoms with Gasteiger partial charge < -0.3 is 14.8 Å². The van der Waals surface area contributed by atoms with Crippen LogP contribution in [0.5, 0.6) is 0 Å². The molecule has 0 amide bonds. The average molecular weight is 213 g/mol. The molecule has 1 aromatic rings. The Morgan fingerprint density at radius 1 is 1.33 bits per heavy atom. The third kappa shape index (κ3) is 5.12. The summed E-state index contributed by atoms with van der Waals surface area (Å²) in [4.78, 5) is 11.7. The molecule has 84 valence electrons. The third-order valence-corrected chi connectivity index (χ3v) is 1.49. The van der Waals surface area contributed by atoms with Gasteiger partial charge in [0, 0.05) is 5.56 Å². The van der Waals surface area contributed by atoms with Crippen LogP contribution in [0.4, 0.5) is 4.39 Å². The van der Waals surface area contributed by atoms with Crippen molar-refractivity contribution in [3.8, 4) is 0 Å². The number of quaternary nitrogens is 1. The van der Waals surface area contributed by atoms with Crippen LogP contribution in [0.2, 0.25) is 0 Å². The van der Waals surface area contributed by atoms with E-state index in [0.29, 0.717) is 0 Å². The summed E-state index contributed by atoms with van der Waals surface area (Å²) in [5.41, 5.74) is 0.0255. The SMILES string of the molecule is C[NH+](C)C.Cc1c(F)cccc1C(=O)[O-]. The number of rotatable bonds is 1. The molecule has 0 aliphatic carbocycles. The largest absolute Gasteiger partial charge is 0.545 e. The van der Waals surface area contributed by atoms with Crippen LogP contribution in [0.3, 0.4) is 0 Å². The maximum absolute atomic E-state index is 12.6. The lowest BCUT2D eigenvalue weighted by Gasteiger charge is -2.05. The van der Waals surface area contributed by atoms with Gasteiger partial charge in [0.1, 0.15) is 5.82 Å². The van der Waals surface area contributed by atoms with Gasteiger partial charge in [-0.15, -0.1) is 0 Å². The molecule has 0 atom stereocenters. The van der Waals surface area contributed by atoms with E-state index in [4.69, 9.17) is 0 Å². The second-order valence-electron chi connectivity index (χ2n) is 3.70. The zero-order valence-corrected chi connectivity index (χ0v) is 9.43. The smallest absolute Gasteiger partial charge is 0.126 e. The Morgan fingerprint density at radius 2 is 1.80 bits per heavy atom. The Labute approximate surface area is 89.1 Å². The highest BCUT2D eigenvalue weighted by atomic mass is 19.1. The number of carbonyl (C=O) groups excluding carboxylic acids is 1. The van der Waals surface area contributed by atoms with E-state index in [2.05, 4.69) is 21.1 Å². The molecule has 0 saturated carbocycles. The standard InChI is InChI=1S/C8H7FO2.C3H9N/c1-5-6(8(10)11)3-2-4-7(5)9;1-4(2)3/h2-4H,1H3,(H,10,11);1-3H3. The number of aromatic carboxylic acids is 1. The molecule has 1 rings (SSSR count). The molecular formula is C11H16FNO2. The molecule has 4 heteroatoms. The van der Waals surface area contributed by atoms with Crippen LogP contribution < -0.4 is 10.0 Å². The third-order valence-electron chi connectivity index (χ3n) is 1.49. The zero-order chi connectivity index (χ0) is 12.0. The lowest BCUT2D eigenvalue weighted by atomic mass is 10.1. The van der Waals surface area contributed by atoms with Gasteiger partial charge >= 0.3 is 0 Å². The summed E-state index contributed by atoms with van der Waals surface area (Å²) in [6, 6.07) is 3.86. The van der Waals surface area contributed by atoms with Gasteiger partial charge in [-0.1, -0.05) is 12.1 Å². The molecule has 0 fully saturated rings. The van der Waals surface area contributed by atoms with Crippen molar-refractivity contribution in [2.24, 2.45) is 0 Å². The Bertz CT molecular complexity index is 335. The van der Waals surface area contributed by atoms with Gasteiger partial charge in [0.05, 0.1) is 27.1 Å². The number of benzene rings is 1. The molecule has 0 heterocycles. The molecule has 0 aliphatic heterocycles. The Morgan fingerprint density at radius 3 is 2.13 bits per heavy atom. The average Bonchev–Trinajstić information content (AvgIpc) is 2.08. The van der Waals surface area contributed by atoms with E-state index in [9.17, 15) is 14.3 Å². The van der Waals surface area contributed by atoms with Crippen LogP contribution >= 0.6 is 0 Å². The van der Waals surface area contributed by atoms with E-state index in [-0.39, 0.29) is 11.1 Å². The summed E-state index contributed by atoms with van der Waals surface area (Å²) >= 11 is 0. The zero-order valence-electron chi connectivity index (χ0n) is 9.43. The van der Waals surface area contributed by atoms with Gasteiger partial charge in [0.2, 0.25) is 0 Å². The van der Waals surface area contributed by atoms with E-state index in [1.54, 1.807) is 0 Å². The number of carboxylic acid groups (broad SMARTS) is 1. The summed E-state index contributed by atoms with van der Waals surface area (Å²) in [7, 11) is 6.25. The van der Waals surface area contributed by atoms with Crippen LogP contribution in [0.25, 0.3) is 0 Å². The van der Waals surface area contributed by atoms with Crippen molar-refractivity contribution in [3.63, 3.8) is 0 Å². The highest BCUT2D eigenvalue weighted by Crippen LogP contribution is 2.10. The van der Waals surface area contributed by atoms with Crippen LogP contribution in [0.15, 0.2) is 18.2 Å². The van der Waals surface area contributed by atoms with Crippen molar-refractivity contribution in [2.75, 3.05) is 21.1 Å². The lowest BCUT2D eigenvalue weighted by molar-refractivity contribution is -0.836. The van der Waals surface area contributed by atoms with Gasteiger partial charge in [-0.2, -0.15) is 0 Å².